The van der Waals surface area contributed by atoms with Crippen LogP contribution in [-0.4, -0.2) is 31.3 Å². The highest BCUT2D eigenvalue weighted by atomic mass is 16.6. The summed E-state index contributed by atoms with van der Waals surface area (Å²) >= 11 is 0. The van der Waals surface area contributed by atoms with Crippen molar-refractivity contribution in [1.82, 2.24) is 0 Å². The average Bonchev–Trinajstić information content (AvgIpc) is 2.42. The predicted molar refractivity (Wildman–Crippen MR) is 78.5 cm³/mol. The average molecular weight is 282 g/mol. The van der Waals surface area contributed by atoms with Crippen molar-refractivity contribution in [1.29, 1.82) is 0 Å². The van der Waals surface area contributed by atoms with E-state index in [9.17, 15) is 10.1 Å². The molecule has 0 saturated carbocycles. The van der Waals surface area contributed by atoms with Gasteiger partial charge >= 0.3 is 0 Å². The highest BCUT2D eigenvalue weighted by Crippen LogP contribution is 2.28. The number of ether oxygens (including phenoxy) is 2. The van der Waals surface area contributed by atoms with Gasteiger partial charge in [-0.05, 0) is 38.8 Å². The van der Waals surface area contributed by atoms with Crippen LogP contribution in [0.25, 0.3) is 0 Å². The summed E-state index contributed by atoms with van der Waals surface area (Å²) in [5.41, 5.74) is 0.545. The van der Waals surface area contributed by atoms with Crippen molar-refractivity contribution in [3.8, 4) is 5.75 Å². The van der Waals surface area contributed by atoms with E-state index in [0.29, 0.717) is 24.6 Å². The molecule has 0 amide bonds. The van der Waals surface area contributed by atoms with E-state index in [1.165, 1.54) is 13.2 Å². The summed E-state index contributed by atoms with van der Waals surface area (Å²) in [7, 11) is 1.49. The maximum atomic E-state index is 11.0. The van der Waals surface area contributed by atoms with Gasteiger partial charge in [-0.1, -0.05) is 0 Å². The minimum absolute atomic E-state index is 0.0304. The predicted octanol–water partition coefficient (Wildman–Crippen LogP) is 3.22. The molecule has 0 heterocycles. The SMILES string of the molecule is COc1ccc(NCCCCOC(C)C)c([N+](=O)[O-])c1. The monoisotopic (exact) mass is 282 g/mol. The zero-order valence-corrected chi connectivity index (χ0v) is 12.2. The van der Waals surface area contributed by atoms with Crippen molar-refractivity contribution >= 4 is 11.4 Å². The number of hydrogen-bond acceptors (Lipinski definition) is 5. The summed E-state index contributed by atoms with van der Waals surface area (Å²) in [6.45, 7) is 5.39. The Morgan fingerprint density at radius 1 is 1.35 bits per heavy atom. The second-order valence-corrected chi connectivity index (χ2v) is 4.69. The molecular formula is C14H22N2O4. The van der Waals surface area contributed by atoms with Gasteiger partial charge in [0.1, 0.15) is 11.4 Å². The molecule has 6 nitrogen and oxygen atoms in total. The number of hydrogen-bond donors (Lipinski definition) is 1. The van der Waals surface area contributed by atoms with Crippen LogP contribution in [0.1, 0.15) is 26.7 Å². The van der Waals surface area contributed by atoms with Gasteiger partial charge in [-0.3, -0.25) is 10.1 Å². The lowest BCUT2D eigenvalue weighted by atomic mass is 10.2. The molecule has 0 aliphatic carbocycles. The zero-order valence-electron chi connectivity index (χ0n) is 12.2. The molecule has 1 aromatic rings. The minimum atomic E-state index is -0.410. The molecule has 0 unspecified atom stereocenters. The van der Waals surface area contributed by atoms with Crippen LogP contribution in [0.4, 0.5) is 11.4 Å². The summed E-state index contributed by atoms with van der Waals surface area (Å²) in [6, 6.07) is 4.79. The van der Waals surface area contributed by atoms with Crippen LogP contribution < -0.4 is 10.1 Å². The van der Waals surface area contributed by atoms with Crippen molar-refractivity contribution in [2.75, 3.05) is 25.6 Å². The summed E-state index contributed by atoms with van der Waals surface area (Å²) in [4.78, 5) is 10.6. The van der Waals surface area contributed by atoms with Gasteiger partial charge in [-0.2, -0.15) is 0 Å². The molecule has 0 radical (unpaired) electrons. The maximum absolute atomic E-state index is 11.0. The Morgan fingerprint density at radius 3 is 2.70 bits per heavy atom. The number of rotatable bonds is 9. The van der Waals surface area contributed by atoms with E-state index in [0.717, 1.165) is 12.8 Å². The molecule has 0 bridgehead atoms. The first kappa shape index (κ1) is 16.2. The van der Waals surface area contributed by atoms with E-state index < -0.39 is 4.92 Å². The number of unbranched alkanes of at least 4 members (excludes halogenated alkanes) is 1. The smallest absolute Gasteiger partial charge is 0.296 e. The van der Waals surface area contributed by atoms with Gasteiger partial charge in [0.25, 0.3) is 5.69 Å². The van der Waals surface area contributed by atoms with Gasteiger partial charge < -0.3 is 14.8 Å². The number of methoxy groups -OCH3 is 1. The molecule has 112 valence electrons. The molecule has 1 aromatic carbocycles. The fraction of sp³-hybridized carbons (Fsp3) is 0.571. The Kier molecular flexibility index (Phi) is 6.79. The summed E-state index contributed by atoms with van der Waals surface area (Å²) < 4.78 is 10.4. The number of nitro groups is 1. The largest absolute Gasteiger partial charge is 0.496 e. The van der Waals surface area contributed by atoms with Gasteiger partial charge in [-0.15, -0.1) is 0 Å². The topological polar surface area (TPSA) is 73.6 Å². The Morgan fingerprint density at radius 2 is 2.10 bits per heavy atom. The van der Waals surface area contributed by atoms with Crippen LogP contribution in [0.5, 0.6) is 5.75 Å². The fourth-order valence-corrected chi connectivity index (χ4v) is 1.71. The normalized spacial score (nSPS) is 10.6. The van der Waals surface area contributed by atoms with Crippen LogP contribution in [-0.2, 0) is 4.74 Å². The first-order valence-electron chi connectivity index (χ1n) is 6.72. The number of anilines is 1. The van der Waals surface area contributed by atoms with E-state index in [2.05, 4.69) is 5.32 Å². The quantitative estimate of drug-likeness (QED) is 0.427. The van der Waals surface area contributed by atoms with Crippen molar-refractivity contribution < 1.29 is 14.4 Å². The fourth-order valence-electron chi connectivity index (χ4n) is 1.71. The highest BCUT2D eigenvalue weighted by molar-refractivity contribution is 5.63. The van der Waals surface area contributed by atoms with Crippen molar-refractivity contribution in [2.45, 2.75) is 32.8 Å². The van der Waals surface area contributed by atoms with Gasteiger partial charge in [-0.25, -0.2) is 0 Å². The van der Waals surface area contributed by atoms with E-state index in [-0.39, 0.29) is 11.8 Å². The molecule has 0 atom stereocenters. The zero-order chi connectivity index (χ0) is 15.0. The Balaban J connectivity index is 2.45. The second-order valence-electron chi connectivity index (χ2n) is 4.69. The van der Waals surface area contributed by atoms with Crippen LogP contribution in [0, 0.1) is 10.1 Å². The van der Waals surface area contributed by atoms with Gasteiger partial charge in [0.05, 0.1) is 24.2 Å². The van der Waals surface area contributed by atoms with E-state index in [1.54, 1.807) is 12.1 Å². The maximum Gasteiger partial charge on any atom is 0.296 e. The molecule has 0 spiro atoms. The standard InChI is InChI=1S/C14H22N2O4/c1-11(2)20-9-5-4-8-15-13-7-6-12(19-3)10-14(13)16(17)18/h6-7,10-11,15H,4-5,8-9H2,1-3H3. The second kappa shape index (κ2) is 8.37. The Bertz CT molecular complexity index is 435. The molecule has 0 saturated heterocycles. The van der Waals surface area contributed by atoms with Crippen LogP contribution in [0.2, 0.25) is 0 Å². The molecule has 0 aliphatic heterocycles. The third kappa shape index (κ3) is 5.44. The van der Waals surface area contributed by atoms with Crippen molar-refractivity contribution in [3.05, 3.63) is 28.3 Å². The number of nitrogens with one attached hydrogen (secondary N) is 1. The third-order valence-electron chi connectivity index (χ3n) is 2.74. The molecule has 0 aliphatic rings. The van der Waals surface area contributed by atoms with E-state index in [1.807, 2.05) is 13.8 Å². The van der Waals surface area contributed by atoms with Gasteiger partial charge in [0.2, 0.25) is 0 Å². The van der Waals surface area contributed by atoms with Crippen LogP contribution >= 0.6 is 0 Å². The molecule has 0 fully saturated rings. The van der Waals surface area contributed by atoms with Gasteiger partial charge in [0, 0.05) is 13.2 Å². The van der Waals surface area contributed by atoms with E-state index >= 15 is 0 Å². The van der Waals surface area contributed by atoms with Crippen LogP contribution in [0.3, 0.4) is 0 Å². The minimum Gasteiger partial charge on any atom is -0.496 e. The van der Waals surface area contributed by atoms with Crippen molar-refractivity contribution in [3.63, 3.8) is 0 Å². The Hall–Kier alpha value is -1.82. The van der Waals surface area contributed by atoms with E-state index in [4.69, 9.17) is 9.47 Å². The van der Waals surface area contributed by atoms with Gasteiger partial charge in [0.15, 0.2) is 0 Å². The first-order chi connectivity index (χ1) is 9.54. The molecule has 20 heavy (non-hydrogen) atoms. The summed E-state index contributed by atoms with van der Waals surface area (Å²) in [5.74, 6) is 0.479. The molecule has 1 N–H and O–H groups in total. The number of benzene rings is 1. The summed E-state index contributed by atoms with van der Waals surface area (Å²) in [5, 5.41) is 14.1. The molecule has 1 rings (SSSR count). The lowest BCUT2D eigenvalue weighted by Crippen LogP contribution is -2.08. The van der Waals surface area contributed by atoms with Crippen molar-refractivity contribution in [2.24, 2.45) is 0 Å². The lowest BCUT2D eigenvalue weighted by molar-refractivity contribution is -0.384. The highest BCUT2D eigenvalue weighted by Gasteiger charge is 2.14. The number of nitro benzene ring substituents is 1. The Labute approximate surface area is 119 Å². The third-order valence-corrected chi connectivity index (χ3v) is 2.74. The van der Waals surface area contributed by atoms with Crippen LogP contribution in [0.15, 0.2) is 18.2 Å². The molecule has 0 aromatic heterocycles. The molecule has 6 heteroatoms. The lowest BCUT2D eigenvalue weighted by Gasteiger charge is -2.09. The molecular weight excluding hydrogens is 260 g/mol. The first-order valence-corrected chi connectivity index (χ1v) is 6.72. The summed E-state index contributed by atoms with van der Waals surface area (Å²) in [6.07, 6.45) is 2.07. The number of nitrogens with zero attached hydrogens (tertiary/aromatic N) is 1.